The Balaban J connectivity index is -0.0000000201. The summed E-state index contributed by atoms with van der Waals surface area (Å²) in [6.07, 6.45) is 0. The first kappa shape index (κ1) is 56.8. The van der Waals surface area contributed by atoms with Gasteiger partial charge in [-0.3, -0.25) is 0 Å². The number of carbonyl (C=O) groups is 4. The number of amides is 8. The number of carbonyl (C=O) groups excluding carboxylic acids is 4. The molecular weight excluding hydrogens is 439 g/mol. The minimum atomic E-state index is -1.75. The number of hydrogen-bond donors (Lipinski definition) is 8. The van der Waals surface area contributed by atoms with E-state index >= 15 is 0 Å². The predicted octanol–water partition coefficient (Wildman–Crippen LogP) is -6.23. The van der Waals surface area contributed by atoms with Gasteiger partial charge in [-0.2, -0.15) is 0 Å². The zero-order chi connectivity index (χ0) is 21.5. The van der Waals surface area contributed by atoms with Crippen LogP contribution in [0, 0.1) is 30.6 Å². The zero-order valence-electron chi connectivity index (χ0n) is 13.1. The van der Waals surface area contributed by atoms with Crippen molar-refractivity contribution in [3.8, 4) is 0 Å². The summed E-state index contributed by atoms with van der Waals surface area (Å²) in [6.45, 7) is 0. The van der Waals surface area contributed by atoms with Crippen LogP contribution in [0.25, 0.3) is 0 Å². The minimum absolute atomic E-state index is 0. The number of nitrogens with two attached hydrogens (primary N) is 8. The number of rotatable bonds is 0. The van der Waals surface area contributed by atoms with Gasteiger partial charge in [0.2, 0.25) is 0 Å². The molecule has 0 fully saturated rings. The SMILES string of the molecule is NC(N)=O.NC(N)=O.NC(N)=O.NC(N)=O.O=[N+]([O-])[O-].O=[N+]([O-])[O-].[Ni+2].[OH3+].[OH3+]. The number of urea groups is 4. The molecule has 22 N–H and O–H groups in total. The smallest absolute Gasteiger partial charge is 0.457 e. The summed E-state index contributed by atoms with van der Waals surface area (Å²) >= 11 is 0. The molecule has 0 radical (unpaired) electrons. The maximum absolute atomic E-state index is 9.00. The van der Waals surface area contributed by atoms with Gasteiger partial charge in [0.25, 0.3) is 0 Å². The summed E-state index contributed by atoms with van der Waals surface area (Å²) in [5.74, 6) is 0. The molecule has 0 spiro atoms. The monoisotopic (exact) mass is 460 g/mol. The van der Waals surface area contributed by atoms with Crippen LogP contribution in [0.4, 0.5) is 19.2 Å². The first-order chi connectivity index (χ1) is 10.4. The molecule has 0 aromatic carbocycles. The van der Waals surface area contributed by atoms with Crippen LogP contribution in [-0.2, 0) is 27.4 Å². The quantitative estimate of drug-likeness (QED) is 0.0729. The van der Waals surface area contributed by atoms with Crippen molar-refractivity contribution in [3.05, 3.63) is 30.6 Å². The fraction of sp³-hybridized carbons (Fsp3) is 0. The predicted molar refractivity (Wildman–Crippen MR) is 85.5 cm³/mol. The number of nitrogens with zero attached hydrogens (tertiary/aromatic N) is 2. The van der Waals surface area contributed by atoms with Crippen LogP contribution in [0.3, 0.4) is 0 Å². The second kappa shape index (κ2) is 49.5. The van der Waals surface area contributed by atoms with Crippen LogP contribution in [0.15, 0.2) is 0 Å². The van der Waals surface area contributed by atoms with Gasteiger partial charge in [-0.05, 0) is 0 Å². The standard InChI is InChI=1S/4CH4N2O.2NO3.Ni.2H2O/c6*2-1(3)4;;;/h4*(H4,2,3,4);;;;2*1H2/q;;;;2*-1;+2;;/p+2. The largest absolute Gasteiger partial charge is 2.00 e. The van der Waals surface area contributed by atoms with Gasteiger partial charge in [-0.1, -0.05) is 0 Å². The van der Waals surface area contributed by atoms with Crippen LogP contribution in [0.1, 0.15) is 0 Å². The van der Waals surface area contributed by atoms with Crippen LogP contribution in [0.5, 0.6) is 0 Å². The number of primary amides is 8. The molecule has 0 aliphatic heterocycles. The van der Waals surface area contributed by atoms with Gasteiger partial charge in [0.05, 0.1) is 10.2 Å². The second-order valence-electron chi connectivity index (χ2n) is 2.06. The van der Waals surface area contributed by atoms with Crippen LogP contribution >= 0.6 is 0 Å². The van der Waals surface area contributed by atoms with Gasteiger partial charge in [-0.15, -0.1) is 0 Å². The van der Waals surface area contributed by atoms with E-state index in [1.165, 1.54) is 0 Å². The van der Waals surface area contributed by atoms with Crippen molar-refractivity contribution in [2.24, 2.45) is 45.9 Å². The van der Waals surface area contributed by atoms with Crippen LogP contribution in [-0.4, -0.2) is 34.3 Å². The third-order valence-electron chi connectivity index (χ3n) is 0. The van der Waals surface area contributed by atoms with E-state index in [0.29, 0.717) is 0 Å². The molecule has 0 heterocycles. The Kier molecular flexibility index (Phi) is 104. The molecule has 8 amide bonds. The average molecular weight is 461 g/mol. The van der Waals surface area contributed by atoms with Gasteiger partial charge in [-0.25, -0.2) is 19.2 Å². The summed E-state index contributed by atoms with van der Waals surface area (Å²) in [7, 11) is 0. The van der Waals surface area contributed by atoms with Crippen molar-refractivity contribution in [1.29, 1.82) is 0 Å². The molecule has 0 aliphatic carbocycles. The number of hydrogen-bond acceptors (Lipinski definition) is 10. The fourth-order valence-electron chi connectivity index (χ4n) is 0. The molecule has 0 aromatic rings. The van der Waals surface area contributed by atoms with Crippen molar-refractivity contribution < 1.29 is 56.8 Å². The van der Waals surface area contributed by atoms with Gasteiger partial charge >= 0.3 is 40.6 Å². The van der Waals surface area contributed by atoms with E-state index in [9.17, 15) is 0 Å². The third kappa shape index (κ3) is 514. The second-order valence-corrected chi connectivity index (χ2v) is 2.06. The van der Waals surface area contributed by atoms with E-state index in [1.54, 1.807) is 0 Å². The Bertz CT molecular complexity index is 275. The molecule has 0 atom stereocenters. The molecule has 0 rings (SSSR count). The molecule has 0 unspecified atom stereocenters. The van der Waals surface area contributed by atoms with Gasteiger partial charge in [0.15, 0.2) is 0 Å². The van der Waals surface area contributed by atoms with Crippen molar-refractivity contribution >= 4 is 24.1 Å². The van der Waals surface area contributed by atoms with E-state index in [4.69, 9.17) is 49.8 Å². The van der Waals surface area contributed by atoms with Crippen molar-refractivity contribution in [2.75, 3.05) is 0 Å². The van der Waals surface area contributed by atoms with E-state index < -0.39 is 34.3 Å². The molecule has 27 heavy (non-hydrogen) atoms. The Morgan fingerprint density at radius 3 is 0.481 bits per heavy atom. The molecule has 23 heteroatoms. The average Bonchev–Trinajstić information content (AvgIpc) is 2.08. The molecule has 168 valence electrons. The summed E-state index contributed by atoms with van der Waals surface area (Å²) < 4.78 is 0. The van der Waals surface area contributed by atoms with Crippen molar-refractivity contribution in [1.82, 2.24) is 0 Å². The van der Waals surface area contributed by atoms with E-state index in [-0.39, 0.29) is 27.4 Å². The summed E-state index contributed by atoms with van der Waals surface area (Å²) in [5, 5.41) is 29.5. The van der Waals surface area contributed by atoms with Crippen LogP contribution in [0.2, 0.25) is 0 Å². The van der Waals surface area contributed by atoms with E-state index in [1.807, 2.05) is 0 Å². The Morgan fingerprint density at radius 1 is 0.481 bits per heavy atom. The molecule has 0 bridgehead atoms. The molecule has 22 nitrogen and oxygen atoms in total. The van der Waals surface area contributed by atoms with Crippen molar-refractivity contribution in [3.63, 3.8) is 0 Å². The zero-order valence-corrected chi connectivity index (χ0v) is 14.1. The molecule has 0 aromatic heterocycles. The molecular formula is C4H22N10NiO12+2. The van der Waals surface area contributed by atoms with Crippen LogP contribution < -0.4 is 45.9 Å². The molecule has 0 aliphatic rings. The summed E-state index contributed by atoms with van der Waals surface area (Å²) in [5.41, 5.74) is 34.0. The van der Waals surface area contributed by atoms with E-state index in [2.05, 4.69) is 45.9 Å². The van der Waals surface area contributed by atoms with Crippen molar-refractivity contribution in [2.45, 2.75) is 0 Å². The molecule has 0 saturated heterocycles. The summed E-state index contributed by atoms with van der Waals surface area (Å²) in [6, 6.07) is -3.33. The topological polar surface area (TPSA) is 475 Å². The normalized spacial score (nSPS) is 5.33. The molecule has 0 saturated carbocycles. The Morgan fingerprint density at radius 2 is 0.481 bits per heavy atom. The fourth-order valence-corrected chi connectivity index (χ4v) is 0. The van der Waals surface area contributed by atoms with E-state index in [0.717, 1.165) is 0 Å². The Labute approximate surface area is 158 Å². The first-order valence-corrected chi connectivity index (χ1v) is 4.22. The Hall–Kier alpha value is -4.11. The maximum Gasteiger partial charge on any atom is 2.00 e. The maximum atomic E-state index is 9.00. The first-order valence-electron chi connectivity index (χ1n) is 4.22. The van der Waals surface area contributed by atoms with Gasteiger partial charge < -0.3 is 87.5 Å². The van der Waals surface area contributed by atoms with Gasteiger partial charge in [0, 0.05) is 0 Å². The minimum Gasteiger partial charge on any atom is -0.457 e. The summed E-state index contributed by atoms with van der Waals surface area (Å²) in [4.78, 5) is 52.5. The third-order valence-corrected chi connectivity index (χ3v) is 0. The van der Waals surface area contributed by atoms with Gasteiger partial charge in [0.1, 0.15) is 0 Å².